The Morgan fingerprint density at radius 2 is 2.33 bits per heavy atom. The van der Waals surface area contributed by atoms with Gasteiger partial charge in [0.2, 0.25) is 5.95 Å². The fourth-order valence-corrected chi connectivity index (χ4v) is 2.73. The Bertz CT molecular complexity index is 375. The molecule has 0 aromatic carbocycles. The molecule has 102 valence electrons. The van der Waals surface area contributed by atoms with Crippen LogP contribution in [0.3, 0.4) is 0 Å². The molecule has 4 heteroatoms. The Morgan fingerprint density at radius 1 is 1.50 bits per heavy atom. The van der Waals surface area contributed by atoms with Crippen LogP contribution in [0.15, 0.2) is 6.20 Å². The number of ether oxygens (including phenoxy) is 1. The average Bonchev–Trinajstić information content (AvgIpc) is 2.87. The molecular weight excluding hydrogens is 226 g/mol. The van der Waals surface area contributed by atoms with Crippen LogP contribution in [0.5, 0.6) is 0 Å². The fourth-order valence-electron chi connectivity index (χ4n) is 2.73. The zero-order valence-electron chi connectivity index (χ0n) is 11.8. The molecule has 0 bridgehead atoms. The lowest BCUT2D eigenvalue weighted by atomic mass is 10.1. The minimum Gasteiger partial charge on any atom is -0.385 e. The van der Waals surface area contributed by atoms with Crippen LogP contribution in [0.2, 0.25) is 0 Å². The van der Waals surface area contributed by atoms with E-state index in [0.29, 0.717) is 6.04 Å². The van der Waals surface area contributed by atoms with Crippen LogP contribution in [-0.2, 0) is 11.3 Å². The first kappa shape index (κ1) is 13.4. The maximum Gasteiger partial charge on any atom is 0.203 e. The third-order valence-corrected chi connectivity index (χ3v) is 3.67. The number of aryl methyl sites for hydroxylation is 2. The summed E-state index contributed by atoms with van der Waals surface area (Å²) in [5, 5.41) is 3.60. The summed E-state index contributed by atoms with van der Waals surface area (Å²) >= 11 is 0. The van der Waals surface area contributed by atoms with Gasteiger partial charge in [-0.2, -0.15) is 0 Å². The predicted octanol–water partition coefficient (Wildman–Crippen LogP) is 2.83. The number of hydrogen-bond acceptors (Lipinski definition) is 3. The highest BCUT2D eigenvalue weighted by atomic mass is 16.5. The van der Waals surface area contributed by atoms with Crippen molar-refractivity contribution >= 4 is 5.95 Å². The summed E-state index contributed by atoms with van der Waals surface area (Å²) in [6.45, 7) is 6.16. The van der Waals surface area contributed by atoms with E-state index in [1.54, 1.807) is 7.11 Å². The van der Waals surface area contributed by atoms with E-state index in [4.69, 9.17) is 4.74 Å². The monoisotopic (exact) mass is 251 g/mol. The normalized spacial score (nSPS) is 23.5. The van der Waals surface area contributed by atoms with Crippen LogP contribution in [0.4, 0.5) is 5.95 Å². The molecule has 1 saturated carbocycles. The van der Waals surface area contributed by atoms with E-state index >= 15 is 0 Å². The van der Waals surface area contributed by atoms with Crippen LogP contribution >= 0.6 is 0 Å². The highest BCUT2D eigenvalue weighted by molar-refractivity contribution is 5.30. The summed E-state index contributed by atoms with van der Waals surface area (Å²) in [5.41, 5.74) is 1.08. The maximum absolute atomic E-state index is 5.10. The Hall–Kier alpha value is -1.03. The second-order valence-corrected chi connectivity index (χ2v) is 5.51. The van der Waals surface area contributed by atoms with Crippen LogP contribution in [0.1, 0.15) is 38.3 Å². The number of anilines is 1. The van der Waals surface area contributed by atoms with Crippen molar-refractivity contribution in [2.45, 2.75) is 52.1 Å². The molecule has 2 atom stereocenters. The molecule has 18 heavy (non-hydrogen) atoms. The van der Waals surface area contributed by atoms with Crippen LogP contribution in [-0.4, -0.2) is 29.3 Å². The first-order chi connectivity index (χ1) is 8.69. The molecule has 1 heterocycles. The summed E-state index contributed by atoms with van der Waals surface area (Å²) in [4.78, 5) is 4.59. The standard InChI is InChI=1S/C14H25N3O/c1-11-5-6-13(9-11)16-14-15-12(2)10-17(14)7-4-8-18-3/h10-11,13H,4-9H2,1-3H3,(H,15,16). The van der Waals surface area contributed by atoms with Gasteiger partial charge in [0.25, 0.3) is 0 Å². The van der Waals surface area contributed by atoms with Crippen molar-refractivity contribution < 1.29 is 4.74 Å². The Labute approximate surface area is 110 Å². The third-order valence-electron chi connectivity index (χ3n) is 3.67. The average molecular weight is 251 g/mol. The molecule has 2 unspecified atom stereocenters. The molecule has 0 spiro atoms. The van der Waals surface area contributed by atoms with Gasteiger partial charge in [-0.05, 0) is 38.5 Å². The van der Waals surface area contributed by atoms with Crippen molar-refractivity contribution in [1.29, 1.82) is 0 Å². The Kier molecular flexibility index (Phi) is 4.64. The van der Waals surface area contributed by atoms with E-state index in [9.17, 15) is 0 Å². The molecule has 4 nitrogen and oxygen atoms in total. The van der Waals surface area contributed by atoms with Gasteiger partial charge in [-0.15, -0.1) is 0 Å². The Balaban J connectivity index is 1.94. The Morgan fingerprint density at radius 3 is 3.00 bits per heavy atom. The summed E-state index contributed by atoms with van der Waals surface area (Å²) < 4.78 is 7.32. The number of nitrogens with one attached hydrogen (secondary N) is 1. The first-order valence-corrected chi connectivity index (χ1v) is 6.98. The summed E-state index contributed by atoms with van der Waals surface area (Å²) in [6, 6.07) is 0.600. The quantitative estimate of drug-likeness (QED) is 0.790. The van der Waals surface area contributed by atoms with Gasteiger partial charge in [-0.1, -0.05) is 6.92 Å². The topological polar surface area (TPSA) is 39.1 Å². The minimum atomic E-state index is 0.600. The molecule has 0 amide bonds. The zero-order valence-corrected chi connectivity index (χ0v) is 11.8. The smallest absolute Gasteiger partial charge is 0.203 e. The highest BCUT2D eigenvalue weighted by Crippen LogP contribution is 2.27. The molecule has 0 radical (unpaired) electrons. The van der Waals surface area contributed by atoms with Crippen molar-refractivity contribution in [1.82, 2.24) is 9.55 Å². The van der Waals surface area contributed by atoms with Gasteiger partial charge in [0.1, 0.15) is 0 Å². The molecule has 1 fully saturated rings. The number of methoxy groups -OCH3 is 1. The second-order valence-electron chi connectivity index (χ2n) is 5.51. The van der Waals surface area contributed by atoms with Crippen LogP contribution < -0.4 is 5.32 Å². The lowest BCUT2D eigenvalue weighted by Crippen LogP contribution is -2.19. The fraction of sp³-hybridized carbons (Fsp3) is 0.786. The van der Waals surface area contributed by atoms with E-state index in [2.05, 4.69) is 34.9 Å². The molecule has 1 N–H and O–H groups in total. The molecule has 2 rings (SSSR count). The third kappa shape index (κ3) is 3.48. The number of hydrogen-bond donors (Lipinski definition) is 1. The van der Waals surface area contributed by atoms with Gasteiger partial charge in [-0.25, -0.2) is 4.98 Å². The van der Waals surface area contributed by atoms with Crippen LogP contribution in [0, 0.1) is 12.8 Å². The van der Waals surface area contributed by atoms with E-state index in [0.717, 1.165) is 37.1 Å². The minimum absolute atomic E-state index is 0.600. The van der Waals surface area contributed by atoms with Gasteiger partial charge in [0.15, 0.2) is 0 Å². The largest absolute Gasteiger partial charge is 0.385 e. The van der Waals surface area contributed by atoms with Gasteiger partial charge in [-0.3, -0.25) is 0 Å². The lowest BCUT2D eigenvalue weighted by molar-refractivity contribution is 0.190. The molecule has 1 aromatic heterocycles. The van der Waals surface area contributed by atoms with Crippen molar-refractivity contribution in [2.75, 3.05) is 19.0 Å². The SMILES string of the molecule is COCCCn1cc(C)nc1NC1CCC(C)C1. The number of rotatable bonds is 6. The second kappa shape index (κ2) is 6.23. The summed E-state index contributed by atoms with van der Waals surface area (Å²) in [6.07, 6.45) is 7.02. The predicted molar refractivity (Wildman–Crippen MR) is 73.9 cm³/mol. The lowest BCUT2D eigenvalue weighted by Gasteiger charge is -2.15. The van der Waals surface area contributed by atoms with E-state index < -0.39 is 0 Å². The number of aromatic nitrogens is 2. The van der Waals surface area contributed by atoms with Crippen molar-refractivity contribution in [3.05, 3.63) is 11.9 Å². The summed E-state index contributed by atoms with van der Waals surface area (Å²) in [5.74, 6) is 1.88. The summed E-state index contributed by atoms with van der Waals surface area (Å²) in [7, 11) is 1.75. The zero-order chi connectivity index (χ0) is 13.0. The first-order valence-electron chi connectivity index (χ1n) is 6.98. The van der Waals surface area contributed by atoms with Gasteiger partial charge in [0, 0.05) is 32.5 Å². The van der Waals surface area contributed by atoms with Gasteiger partial charge >= 0.3 is 0 Å². The number of nitrogens with zero attached hydrogens (tertiary/aromatic N) is 2. The van der Waals surface area contributed by atoms with E-state index in [1.807, 2.05) is 0 Å². The molecule has 1 aliphatic rings. The van der Waals surface area contributed by atoms with E-state index in [1.165, 1.54) is 19.3 Å². The van der Waals surface area contributed by atoms with Gasteiger partial charge < -0.3 is 14.6 Å². The van der Waals surface area contributed by atoms with Crippen molar-refractivity contribution in [3.63, 3.8) is 0 Å². The molecule has 1 aromatic rings. The molecule has 0 aliphatic heterocycles. The molecule has 1 aliphatic carbocycles. The van der Waals surface area contributed by atoms with Crippen molar-refractivity contribution in [3.8, 4) is 0 Å². The van der Waals surface area contributed by atoms with Gasteiger partial charge in [0.05, 0.1) is 5.69 Å². The van der Waals surface area contributed by atoms with Crippen molar-refractivity contribution in [2.24, 2.45) is 5.92 Å². The molecule has 0 saturated heterocycles. The maximum atomic E-state index is 5.10. The van der Waals surface area contributed by atoms with Crippen LogP contribution in [0.25, 0.3) is 0 Å². The highest BCUT2D eigenvalue weighted by Gasteiger charge is 2.22. The number of imidazole rings is 1. The van der Waals surface area contributed by atoms with E-state index in [-0.39, 0.29) is 0 Å². The molecular formula is C14H25N3O.